The van der Waals surface area contributed by atoms with E-state index in [1.807, 2.05) is 25.1 Å². The SMILES string of the molecule is CCCCOCCCNC(=O)CCNC(=O)c1cccc(C)c1. The number of carbonyl (C=O) groups excluding carboxylic acids is 2. The van der Waals surface area contributed by atoms with Crippen LogP contribution in [0.25, 0.3) is 0 Å². The molecule has 1 rings (SSSR count). The van der Waals surface area contributed by atoms with E-state index in [1.54, 1.807) is 6.07 Å². The first kappa shape index (κ1) is 19.2. The maximum absolute atomic E-state index is 11.9. The molecule has 0 aromatic heterocycles. The van der Waals surface area contributed by atoms with Crippen LogP contribution in [0.1, 0.15) is 48.5 Å². The number of nitrogens with one attached hydrogen (secondary N) is 2. The van der Waals surface area contributed by atoms with E-state index in [-0.39, 0.29) is 18.2 Å². The summed E-state index contributed by atoms with van der Waals surface area (Å²) in [6.07, 6.45) is 3.30. The average Bonchev–Trinajstić information content (AvgIpc) is 2.54. The van der Waals surface area contributed by atoms with Crippen LogP contribution in [0.3, 0.4) is 0 Å². The number of amides is 2. The summed E-state index contributed by atoms with van der Waals surface area (Å²) in [5.41, 5.74) is 1.66. The van der Waals surface area contributed by atoms with Crippen LogP contribution < -0.4 is 10.6 Å². The van der Waals surface area contributed by atoms with Crippen molar-refractivity contribution in [3.05, 3.63) is 35.4 Å². The molecular formula is C18H28N2O3. The molecule has 2 N–H and O–H groups in total. The largest absolute Gasteiger partial charge is 0.381 e. The van der Waals surface area contributed by atoms with Crippen LogP contribution in [0, 0.1) is 6.92 Å². The third-order valence-corrected chi connectivity index (χ3v) is 3.35. The second-order valence-corrected chi connectivity index (χ2v) is 5.54. The number of aryl methyl sites for hydroxylation is 1. The number of benzene rings is 1. The first-order valence-corrected chi connectivity index (χ1v) is 8.32. The highest BCUT2D eigenvalue weighted by atomic mass is 16.5. The third-order valence-electron chi connectivity index (χ3n) is 3.35. The summed E-state index contributed by atoms with van der Waals surface area (Å²) in [4.78, 5) is 23.6. The van der Waals surface area contributed by atoms with Gasteiger partial charge in [0.2, 0.25) is 5.91 Å². The van der Waals surface area contributed by atoms with Gasteiger partial charge >= 0.3 is 0 Å². The molecule has 0 heterocycles. The van der Waals surface area contributed by atoms with E-state index in [2.05, 4.69) is 17.6 Å². The van der Waals surface area contributed by atoms with Gasteiger partial charge in [0.15, 0.2) is 0 Å². The zero-order valence-corrected chi connectivity index (χ0v) is 14.2. The molecule has 5 nitrogen and oxygen atoms in total. The van der Waals surface area contributed by atoms with E-state index < -0.39 is 0 Å². The topological polar surface area (TPSA) is 67.4 Å². The summed E-state index contributed by atoms with van der Waals surface area (Å²) in [6, 6.07) is 7.38. The fourth-order valence-electron chi connectivity index (χ4n) is 2.02. The van der Waals surface area contributed by atoms with Gasteiger partial charge in [0.05, 0.1) is 0 Å². The average molecular weight is 320 g/mol. The normalized spacial score (nSPS) is 10.3. The molecule has 0 bridgehead atoms. The zero-order chi connectivity index (χ0) is 16.9. The Morgan fingerprint density at radius 3 is 2.61 bits per heavy atom. The Bertz CT molecular complexity index is 489. The summed E-state index contributed by atoms with van der Waals surface area (Å²) in [5, 5.41) is 5.58. The summed E-state index contributed by atoms with van der Waals surface area (Å²) in [5.74, 6) is -0.200. The molecule has 0 aliphatic carbocycles. The van der Waals surface area contributed by atoms with Crippen molar-refractivity contribution in [2.75, 3.05) is 26.3 Å². The molecule has 1 aromatic carbocycles. The predicted octanol–water partition coefficient (Wildman–Crippen LogP) is 2.44. The highest BCUT2D eigenvalue weighted by Crippen LogP contribution is 2.03. The fourth-order valence-corrected chi connectivity index (χ4v) is 2.02. The molecule has 23 heavy (non-hydrogen) atoms. The molecular weight excluding hydrogens is 292 g/mol. The van der Waals surface area contributed by atoms with Crippen LogP contribution in [-0.2, 0) is 9.53 Å². The van der Waals surface area contributed by atoms with Crippen molar-refractivity contribution in [2.45, 2.75) is 39.5 Å². The van der Waals surface area contributed by atoms with Crippen LogP contribution in [0.5, 0.6) is 0 Å². The number of hydrogen-bond acceptors (Lipinski definition) is 3. The van der Waals surface area contributed by atoms with Crippen LogP contribution in [0.2, 0.25) is 0 Å². The molecule has 1 aromatic rings. The molecule has 2 amide bonds. The lowest BCUT2D eigenvalue weighted by atomic mass is 10.1. The number of hydrogen-bond donors (Lipinski definition) is 2. The second kappa shape index (κ2) is 11.7. The molecule has 0 fully saturated rings. The Labute approximate surface area is 138 Å². The van der Waals surface area contributed by atoms with Crippen LogP contribution in [0.4, 0.5) is 0 Å². The van der Waals surface area contributed by atoms with E-state index in [1.165, 1.54) is 0 Å². The van der Waals surface area contributed by atoms with Crippen molar-refractivity contribution in [3.8, 4) is 0 Å². The Morgan fingerprint density at radius 2 is 1.87 bits per heavy atom. The number of rotatable bonds is 11. The van der Waals surface area contributed by atoms with Gasteiger partial charge < -0.3 is 15.4 Å². The maximum atomic E-state index is 11.9. The number of carbonyl (C=O) groups is 2. The van der Waals surface area contributed by atoms with E-state index in [0.717, 1.165) is 31.4 Å². The third kappa shape index (κ3) is 8.98. The zero-order valence-electron chi connectivity index (χ0n) is 14.2. The molecule has 0 spiro atoms. The van der Waals surface area contributed by atoms with Gasteiger partial charge in [0.25, 0.3) is 5.91 Å². The van der Waals surface area contributed by atoms with Crippen molar-refractivity contribution in [2.24, 2.45) is 0 Å². The Hall–Kier alpha value is -1.88. The molecule has 128 valence electrons. The van der Waals surface area contributed by atoms with E-state index >= 15 is 0 Å². The van der Waals surface area contributed by atoms with E-state index in [9.17, 15) is 9.59 Å². The molecule has 0 aliphatic heterocycles. The van der Waals surface area contributed by atoms with E-state index in [4.69, 9.17) is 4.74 Å². The molecule has 5 heteroatoms. The van der Waals surface area contributed by atoms with Gasteiger partial charge in [-0.15, -0.1) is 0 Å². The first-order valence-electron chi connectivity index (χ1n) is 8.32. The lowest BCUT2D eigenvalue weighted by Crippen LogP contribution is -2.31. The van der Waals surface area contributed by atoms with Crippen LogP contribution >= 0.6 is 0 Å². The van der Waals surface area contributed by atoms with Gasteiger partial charge in [0.1, 0.15) is 0 Å². The smallest absolute Gasteiger partial charge is 0.251 e. The monoisotopic (exact) mass is 320 g/mol. The summed E-state index contributed by atoms with van der Waals surface area (Å²) < 4.78 is 5.42. The van der Waals surface area contributed by atoms with Crippen LogP contribution in [0.15, 0.2) is 24.3 Å². The predicted molar refractivity (Wildman–Crippen MR) is 91.5 cm³/mol. The second-order valence-electron chi connectivity index (χ2n) is 5.54. The minimum Gasteiger partial charge on any atom is -0.381 e. The van der Waals surface area contributed by atoms with Crippen molar-refractivity contribution < 1.29 is 14.3 Å². The van der Waals surface area contributed by atoms with Crippen molar-refractivity contribution >= 4 is 11.8 Å². The molecule has 0 atom stereocenters. The van der Waals surface area contributed by atoms with Gasteiger partial charge in [-0.3, -0.25) is 9.59 Å². The molecule has 0 unspecified atom stereocenters. The van der Waals surface area contributed by atoms with Crippen molar-refractivity contribution in [1.29, 1.82) is 0 Å². The maximum Gasteiger partial charge on any atom is 0.251 e. The highest BCUT2D eigenvalue weighted by molar-refractivity contribution is 5.94. The lowest BCUT2D eigenvalue weighted by molar-refractivity contribution is -0.120. The Kier molecular flexibility index (Phi) is 9.71. The number of unbranched alkanes of at least 4 members (excludes halogenated alkanes) is 1. The fraction of sp³-hybridized carbons (Fsp3) is 0.556. The molecule has 0 radical (unpaired) electrons. The summed E-state index contributed by atoms with van der Waals surface area (Å²) in [7, 11) is 0. The highest BCUT2D eigenvalue weighted by Gasteiger charge is 2.06. The summed E-state index contributed by atoms with van der Waals surface area (Å²) >= 11 is 0. The molecule has 0 saturated heterocycles. The lowest BCUT2D eigenvalue weighted by Gasteiger charge is -2.07. The van der Waals surface area contributed by atoms with Gasteiger partial charge in [-0.1, -0.05) is 31.0 Å². The van der Waals surface area contributed by atoms with Crippen LogP contribution in [-0.4, -0.2) is 38.1 Å². The van der Waals surface area contributed by atoms with Crippen molar-refractivity contribution in [1.82, 2.24) is 10.6 Å². The van der Waals surface area contributed by atoms with Gasteiger partial charge in [-0.05, 0) is 31.9 Å². The minimum absolute atomic E-state index is 0.0527. The Balaban J connectivity index is 2.06. The first-order chi connectivity index (χ1) is 11.1. The van der Waals surface area contributed by atoms with Gasteiger partial charge in [0, 0.05) is 38.3 Å². The summed E-state index contributed by atoms with van der Waals surface area (Å²) in [6.45, 7) is 6.47. The van der Waals surface area contributed by atoms with E-state index in [0.29, 0.717) is 25.3 Å². The quantitative estimate of drug-likeness (QED) is 0.615. The number of ether oxygens (including phenoxy) is 1. The minimum atomic E-state index is -0.147. The molecule has 0 saturated carbocycles. The van der Waals surface area contributed by atoms with Gasteiger partial charge in [-0.25, -0.2) is 0 Å². The molecule has 0 aliphatic rings. The standard InChI is InChI=1S/C18H28N2O3/c1-3-4-12-23-13-6-10-19-17(21)9-11-20-18(22)16-8-5-7-15(2)14-16/h5,7-8,14H,3-4,6,9-13H2,1-2H3,(H,19,21)(H,20,22). The van der Waals surface area contributed by atoms with Gasteiger partial charge in [-0.2, -0.15) is 0 Å². The van der Waals surface area contributed by atoms with Crippen molar-refractivity contribution in [3.63, 3.8) is 0 Å². The Morgan fingerprint density at radius 1 is 1.09 bits per heavy atom.